The molecule has 1 atom stereocenters. The van der Waals surface area contributed by atoms with Gasteiger partial charge in [0, 0.05) is 11.7 Å². The van der Waals surface area contributed by atoms with Gasteiger partial charge in [-0.25, -0.2) is 0 Å². The highest BCUT2D eigenvalue weighted by atomic mass is 16.5. The lowest BCUT2D eigenvalue weighted by Crippen LogP contribution is -2.39. The Bertz CT molecular complexity index is 298. The Morgan fingerprint density at radius 2 is 1.52 bits per heavy atom. The van der Waals surface area contributed by atoms with E-state index in [0.29, 0.717) is 0 Å². The van der Waals surface area contributed by atoms with Crippen LogP contribution in [0.1, 0.15) is 78.6 Å². The van der Waals surface area contributed by atoms with Gasteiger partial charge in [-0.15, -0.1) is 0 Å². The third kappa shape index (κ3) is 8.64. The van der Waals surface area contributed by atoms with E-state index < -0.39 is 0 Å². The topological polar surface area (TPSA) is 12.5 Å². The molecule has 0 aliphatic heterocycles. The summed E-state index contributed by atoms with van der Waals surface area (Å²) >= 11 is 0. The highest BCUT2D eigenvalue weighted by molar-refractivity contribution is 4.98. The predicted molar refractivity (Wildman–Crippen MR) is 93.8 cm³/mol. The van der Waals surface area contributed by atoms with E-state index in [1.54, 1.807) is 6.26 Å². The first-order valence-corrected chi connectivity index (χ1v) is 8.48. The molecule has 0 heterocycles. The Balaban J connectivity index is 4.70. The van der Waals surface area contributed by atoms with Crippen LogP contribution in [0.4, 0.5) is 0 Å². The lowest BCUT2D eigenvalue weighted by Gasteiger charge is -2.39. The second kappa shape index (κ2) is 12.6. The van der Waals surface area contributed by atoms with Gasteiger partial charge in [-0.05, 0) is 26.0 Å². The smallest absolute Gasteiger partial charge is 0.106 e. The maximum atomic E-state index is 5.12. The van der Waals surface area contributed by atoms with Crippen molar-refractivity contribution in [2.75, 3.05) is 0 Å². The van der Waals surface area contributed by atoms with Gasteiger partial charge in [-0.3, -0.25) is 0 Å². The summed E-state index contributed by atoms with van der Waals surface area (Å²) in [4.78, 5) is 2.21. The highest BCUT2D eigenvalue weighted by Crippen LogP contribution is 2.29. The number of nitrogens with zero attached hydrogens (tertiary/aromatic N) is 1. The van der Waals surface area contributed by atoms with Gasteiger partial charge >= 0.3 is 0 Å². The molecule has 0 aromatic rings. The fourth-order valence-corrected chi connectivity index (χ4v) is 2.69. The van der Waals surface area contributed by atoms with E-state index in [2.05, 4.69) is 38.8 Å². The SMILES string of the molecule is C=CO/C=C\N(C=C)C(C)(CCCCC)CCCCCC. The summed E-state index contributed by atoms with van der Waals surface area (Å²) in [5, 5.41) is 0. The molecule has 2 nitrogen and oxygen atoms in total. The third-order valence-corrected chi connectivity index (χ3v) is 4.10. The van der Waals surface area contributed by atoms with Gasteiger partial charge in [0.05, 0.1) is 6.26 Å². The summed E-state index contributed by atoms with van der Waals surface area (Å²) in [6, 6.07) is 0. The van der Waals surface area contributed by atoms with Crippen molar-refractivity contribution in [3.05, 3.63) is 38.1 Å². The lowest BCUT2D eigenvalue weighted by atomic mass is 9.87. The molecule has 0 radical (unpaired) electrons. The molecule has 0 saturated heterocycles. The molecule has 0 aromatic carbocycles. The molecule has 0 spiro atoms. The Morgan fingerprint density at radius 1 is 0.952 bits per heavy atom. The van der Waals surface area contributed by atoms with Gasteiger partial charge in [0.25, 0.3) is 0 Å². The van der Waals surface area contributed by atoms with Crippen LogP contribution in [0.5, 0.6) is 0 Å². The normalized spacial score (nSPS) is 13.9. The quantitative estimate of drug-likeness (QED) is 0.272. The largest absolute Gasteiger partial charge is 0.472 e. The summed E-state index contributed by atoms with van der Waals surface area (Å²) in [7, 11) is 0. The Labute approximate surface area is 132 Å². The first-order valence-electron chi connectivity index (χ1n) is 8.48. The van der Waals surface area contributed by atoms with E-state index >= 15 is 0 Å². The summed E-state index contributed by atoms with van der Waals surface area (Å²) in [6.45, 7) is 14.4. The molecule has 0 aliphatic carbocycles. The number of hydrogen-bond acceptors (Lipinski definition) is 2. The number of hydrogen-bond donors (Lipinski definition) is 0. The summed E-state index contributed by atoms with van der Waals surface area (Å²) in [5.74, 6) is 0. The average molecular weight is 293 g/mol. The van der Waals surface area contributed by atoms with Crippen LogP contribution in [0.3, 0.4) is 0 Å². The van der Waals surface area contributed by atoms with Crippen LogP contribution in [0.25, 0.3) is 0 Å². The predicted octanol–water partition coefficient (Wildman–Crippen LogP) is 6.37. The minimum Gasteiger partial charge on any atom is -0.472 e. The van der Waals surface area contributed by atoms with Crippen LogP contribution >= 0.6 is 0 Å². The Kier molecular flexibility index (Phi) is 11.8. The molecular weight excluding hydrogens is 258 g/mol. The monoisotopic (exact) mass is 293 g/mol. The van der Waals surface area contributed by atoms with Crippen molar-refractivity contribution < 1.29 is 4.74 Å². The van der Waals surface area contributed by atoms with E-state index in [0.717, 1.165) is 0 Å². The lowest BCUT2D eigenvalue weighted by molar-refractivity contribution is 0.180. The van der Waals surface area contributed by atoms with E-state index in [-0.39, 0.29) is 5.54 Å². The minimum atomic E-state index is 0.131. The van der Waals surface area contributed by atoms with Crippen LogP contribution in [0, 0.1) is 0 Å². The summed E-state index contributed by atoms with van der Waals surface area (Å²) in [5.41, 5.74) is 0.131. The van der Waals surface area contributed by atoms with Crippen LogP contribution in [0.2, 0.25) is 0 Å². The molecule has 0 rings (SSSR count). The van der Waals surface area contributed by atoms with Gasteiger partial charge in [0.1, 0.15) is 6.26 Å². The number of rotatable bonds is 14. The molecule has 2 heteroatoms. The molecule has 0 N–H and O–H groups in total. The highest BCUT2D eigenvalue weighted by Gasteiger charge is 2.27. The fraction of sp³-hybridized carbons (Fsp3) is 0.684. The molecule has 1 unspecified atom stereocenters. The first kappa shape index (κ1) is 19.8. The van der Waals surface area contributed by atoms with Crippen molar-refractivity contribution in [2.45, 2.75) is 84.1 Å². The molecular formula is C19H35NO. The van der Waals surface area contributed by atoms with Crippen molar-refractivity contribution in [1.82, 2.24) is 4.90 Å². The average Bonchev–Trinajstić information content (AvgIpc) is 2.48. The van der Waals surface area contributed by atoms with Crippen LogP contribution < -0.4 is 0 Å². The second-order valence-corrected chi connectivity index (χ2v) is 5.94. The number of ether oxygens (including phenoxy) is 1. The number of unbranched alkanes of at least 4 members (excludes halogenated alkanes) is 5. The van der Waals surface area contributed by atoms with Crippen molar-refractivity contribution in [1.29, 1.82) is 0 Å². The van der Waals surface area contributed by atoms with Crippen LogP contribution in [-0.2, 0) is 4.74 Å². The molecule has 21 heavy (non-hydrogen) atoms. The van der Waals surface area contributed by atoms with Crippen LogP contribution in [0.15, 0.2) is 38.1 Å². The van der Waals surface area contributed by atoms with Gasteiger partial charge in [0.15, 0.2) is 0 Å². The Hall–Kier alpha value is -1.18. The maximum absolute atomic E-state index is 5.12. The molecule has 0 fully saturated rings. The zero-order valence-corrected chi connectivity index (χ0v) is 14.4. The van der Waals surface area contributed by atoms with E-state index in [9.17, 15) is 0 Å². The van der Waals surface area contributed by atoms with Gasteiger partial charge in [-0.2, -0.15) is 0 Å². The molecule has 0 aliphatic rings. The maximum Gasteiger partial charge on any atom is 0.106 e. The zero-order valence-electron chi connectivity index (χ0n) is 14.4. The molecule has 0 saturated carbocycles. The second-order valence-electron chi connectivity index (χ2n) is 5.94. The molecule has 122 valence electrons. The zero-order chi connectivity index (χ0) is 16.0. The molecule has 0 amide bonds. The van der Waals surface area contributed by atoms with E-state index in [1.165, 1.54) is 64.0 Å². The Morgan fingerprint density at radius 3 is 2.05 bits per heavy atom. The molecule has 0 aromatic heterocycles. The van der Waals surface area contributed by atoms with Crippen molar-refractivity contribution in [3.8, 4) is 0 Å². The van der Waals surface area contributed by atoms with E-state index in [1.807, 2.05) is 12.4 Å². The van der Waals surface area contributed by atoms with Gasteiger partial charge < -0.3 is 9.64 Å². The third-order valence-electron chi connectivity index (χ3n) is 4.10. The minimum absolute atomic E-state index is 0.131. The summed E-state index contributed by atoms with van der Waals surface area (Å²) in [6.07, 6.45) is 18.4. The standard InChI is InChI=1S/C19H35NO/c1-6-10-12-14-16-19(5,15-13-11-7-2)20(8-3)17-18-21-9-4/h8-9,17-18H,3-4,6-7,10-16H2,1-2,5H3/b18-17-. The summed E-state index contributed by atoms with van der Waals surface area (Å²) < 4.78 is 5.12. The fourth-order valence-electron chi connectivity index (χ4n) is 2.69. The van der Waals surface area contributed by atoms with E-state index in [4.69, 9.17) is 4.74 Å². The van der Waals surface area contributed by atoms with Gasteiger partial charge in [-0.1, -0.05) is 72.0 Å². The van der Waals surface area contributed by atoms with Crippen molar-refractivity contribution in [3.63, 3.8) is 0 Å². The van der Waals surface area contributed by atoms with Crippen molar-refractivity contribution in [2.24, 2.45) is 0 Å². The first-order chi connectivity index (χ1) is 10.1. The van der Waals surface area contributed by atoms with Crippen LogP contribution in [-0.4, -0.2) is 10.4 Å². The van der Waals surface area contributed by atoms with Gasteiger partial charge in [0.2, 0.25) is 0 Å². The van der Waals surface area contributed by atoms with Crippen molar-refractivity contribution >= 4 is 0 Å². The molecule has 0 bridgehead atoms.